The van der Waals surface area contributed by atoms with E-state index in [9.17, 15) is 9.59 Å². The van der Waals surface area contributed by atoms with Crippen LogP contribution in [-0.2, 0) is 4.79 Å². The zero-order valence-electron chi connectivity index (χ0n) is 14.2. The molecule has 0 aliphatic heterocycles. The van der Waals surface area contributed by atoms with Crippen molar-refractivity contribution in [2.45, 2.75) is 57.8 Å². The Balaban J connectivity index is 0.00000232. The molecule has 0 spiro atoms. The predicted molar refractivity (Wildman–Crippen MR) is 93.1 cm³/mol. The monoisotopic (exact) mass is 322 g/mol. The van der Waals surface area contributed by atoms with Crippen LogP contribution in [0.25, 0.3) is 0 Å². The maximum absolute atomic E-state index is 10.5. The van der Waals surface area contributed by atoms with Gasteiger partial charge in [0.1, 0.15) is 18.3 Å². The molecule has 0 saturated carbocycles. The standard InChI is InChI=1S/C18H26O3.CH4O/c19-14-8-6-4-2-1-3-5-7-9-15-21-18-12-10-17(16-20)11-13-18;1-2/h10-14,16H,1-9,15H2;2H,1H3. The number of unbranched alkanes of at least 4 members (excludes halogenated alkanes) is 8. The van der Waals surface area contributed by atoms with E-state index < -0.39 is 0 Å². The van der Waals surface area contributed by atoms with E-state index in [0.717, 1.165) is 44.9 Å². The van der Waals surface area contributed by atoms with Crippen molar-refractivity contribution in [2.75, 3.05) is 13.7 Å². The summed E-state index contributed by atoms with van der Waals surface area (Å²) in [6.45, 7) is 0.736. The summed E-state index contributed by atoms with van der Waals surface area (Å²) in [6, 6.07) is 7.21. The quantitative estimate of drug-likeness (QED) is 0.437. The summed E-state index contributed by atoms with van der Waals surface area (Å²) >= 11 is 0. The van der Waals surface area contributed by atoms with E-state index in [4.69, 9.17) is 9.84 Å². The van der Waals surface area contributed by atoms with E-state index in [1.807, 2.05) is 12.1 Å². The van der Waals surface area contributed by atoms with Crippen LogP contribution >= 0.6 is 0 Å². The molecule has 0 aliphatic rings. The highest BCUT2D eigenvalue weighted by molar-refractivity contribution is 5.74. The van der Waals surface area contributed by atoms with Gasteiger partial charge in [0.15, 0.2) is 0 Å². The Labute approximate surface area is 139 Å². The van der Waals surface area contributed by atoms with Crippen molar-refractivity contribution >= 4 is 12.6 Å². The fourth-order valence-corrected chi connectivity index (χ4v) is 2.22. The Morgan fingerprint density at radius 1 is 0.826 bits per heavy atom. The second-order valence-electron chi connectivity index (χ2n) is 5.32. The SMILES string of the molecule is CO.O=CCCCCCCCCCCOc1ccc(C=O)cc1. The number of hydrogen-bond acceptors (Lipinski definition) is 4. The third-order valence-electron chi connectivity index (χ3n) is 3.50. The molecular weight excluding hydrogens is 292 g/mol. The average molecular weight is 322 g/mol. The molecule has 1 N–H and O–H groups in total. The number of benzene rings is 1. The van der Waals surface area contributed by atoms with Gasteiger partial charge >= 0.3 is 0 Å². The number of aliphatic hydroxyl groups is 1. The highest BCUT2D eigenvalue weighted by Crippen LogP contribution is 2.13. The first-order chi connectivity index (χ1) is 11.4. The van der Waals surface area contributed by atoms with Gasteiger partial charge in [-0.1, -0.05) is 38.5 Å². The van der Waals surface area contributed by atoms with Gasteiger partial charge in [0, 0.05) is 19.1 Å². The van der Waals surface area contributed by atoms with Crippen molar-refractivity contribution in [3.8, 4) is 5.75 Å². The normalized spacial score (nSPS) is 9.65. The minimum atomic E-state index is 0.676. The molecule has 0 unspecified atom stereocenters. The van der Waals surface area contributed by atoms with Crippen LogP contribution < -0.4 is 4.74 Å². The second kappa shape index (κ2) is 16.7. The number of aliphatic hydroxyl groups excluding tert-OH is 1. The van der Waals surface area contributed by atoms with E-state index in [1.165, 1.54) is 38.5 Å². The maximum Gasteiger partial charge on any atom is 0.150 e. The van der Waals surface area contributed by atoms with E-state index in [0.29, 0.717) is 12.0 Å². The summed E-state index contributed by atoms with van der Waals surface area (Å²) < 4.78 is 5.63. The molecule has 23 heavy (non-hydrogen) atoms. The third-order valence-corrected chi connectivity index (χ3v) is 3.50. The number of carbonyl (C=O) groups excluding carboxylic acids is 2. The van der Waals surface area contributed by atoms with Crippen molar-refractivity contribution in [3.05, 3.63) is 29.8 Å². The fourth-order valence-electron chi connectivity index (χ4n) is 2.22. The lowest BCUT2D eigenvalue weighted by Crippen LogP contribution is -1.97. The Morgan fingerprint density at radius 3 is 1.87 bits per heavy atom. The summed E-state index contributed by atoms with van der Waals surface area (Å²) in [6.07, 6.45) is 12.1. The predicted octanol–water partition coefficient (Wildman–Crippen LogP) is 4.20. The topological polar surface area (TPSA) is 63.6 Å². The number of aldehydes is 2. The Morgan fingerprint density at radius 2 is 1.35 bits per heavy atom. The smallest absolute Gasteiger partial charge is 0.150 e. The largest absolute Gasteiger partial charge is 0.494 e. The van der Waals surface area contributed by atoms with E-state index in [1.54, 1.807) is 12.1 Å². The molecule has 1 aromatic rings. The molecule has 0 amide bonds. The van der Waals surface area contributed by atoms with Crippen LogP contribution in [0.15, 0.2) is 24.3 Å². The third kappa shape index (κ3) is 12.5. The average Bonchev–Trinajstić information content (AvgIpc) is 2.62. The van der Waals surface area contributed by atoms with Gasteiger partial charge in [-0.25, -0.2) is 0 Å². The first-order valence-electron chi connectivity index (χ1n) is 8.43. The van der Waals surface area contributed by atoms with Gasteiger partial charge in [-0.05, 0) is 37.1 Å². The molecule has 0 atom stereocenters. The van der Waals surface area contributed by atoms with Crippen molar-refractivity contribution < 1.29 is 19.4 Å². The molecule has 0 saturated heterocycles. The summed E-state index contributed by atoms with van der Waals surface area (Å²) in [5, 5.41) is 7.00. The van der Waals surface area contributed by atoms with Gasteiger partial charge in [-0.2, -0.15) is 0 Å². The van der Waals surface area contributed by atoms with E-state index >= 15 is 0 Å². The van der Waals surface area contributed by atoms with Crippen molar-refractivity contribution in [1.29, 1.82) is 0 Å². The molecule has 0 aromatic heterocycles. The molecule has 0 bridgehead atoms. The number of hydrogen-bond donors (Lipinski definition) is 1. The van der Waals surface area contributed by atoms with Gasteiger partial charge < -0.3 is 14.6 Å². The summed E-state index contributed by atoms with van der Waals surface area (Å²) in [7, 11) is 1.00. The second-order valence-corrected chi connectivity index (χ2v) is 5.32. The highest BCUT2D eigenvalue weighted by atomic mass is 16.5. The van der Waals surface area contributed by atoms with E-state index in [2.05, 4.69) is 0 Å². The molecule has 0 fully saturated rings. The lowest BCUT2D eigenvalue weighted by atomic mass is 10.1. The number of rotatable bonds is 13. The maximum atomic E-state index is 10.5. The Kier molecular flexibility index (Phi) is 15.5. The van der Waals surface area contributed by atoms with Crippen LogP contribution in [-0.4, -0.2) is 31.4 Å². The van der Waals surface area contributed by atoms with Crippen LogP contribution in [0.1, 0.15) is 68.1 Å². The molecule has 1 rings (SSSR count). The molecule has 1 aromatic carbocycles. The summed E-state index contributed by atoms with van der Waals surface area (Å²) in [4.78, 5) is 20.7. The van der Waals surface area contributed by atoms with Gasteiger partial charge in [0.2, 0.25) is 0 Å². The van der Waals surface area contributed by atoms with Crippen LogP contribution in [0.5, 0.6) is 5.75 Å². The minimum absolute atomic E-state index is 0.676. The van der Waals surface area contributed by atoms with Crippen molar-refractivity contribution in [1.82, 2.24) is 0 Å². The molecule has 0 radical (unpaired) electrons. The van der Waals surface area contributed by atoms with Crippen LogP contribution in [0.4, 0.5) is 0 Å². The first kappa shape index (κ1) is 21.3. The van der Waals surface area contributed by atoms with Gasteiger partial charge in [0.05, 0.1) is 6.61 Å². The van der Waals surface area contributed by atoms with Gasteiger partial charge in [-0.3, -0.25) is 4.79 Å². The molecular formula is C19H30O4. The van der Waals surface area contributed by atoms with Crippen LogP contribution in [0, 0.1) is 0 Å². The molecule has 4 heteroatoms. The Bertz CT molecular complexity index is 387. The first-order valence-corrected chi connectivity index (χ1v) is 8.43. The van der Waals surface area contributed by atoms with Gasteiger partial charge in [0.25, 0.3) is 0 Å². The summed E-state index contributed by atoms with van der Waals surface area (Å²) in [5.74, 6) is 0.829. The van der Waals surface area contributed by atoms with Crippen molar-refractivity contribution in [3.63, 3.8) is 0 Å². The zero-order chi connectivity index (χ0) is 17.2. The highest BCUT2D eigenvalue weighted by Gasteiger charge is 1.96. The lowest BCUT2D eigenvalue weighted by Gasteiger charge is -2.06. The number of ether oxygens (including phenoxy) is 1. The number of carbonyl (C=O) groups is 2. The summed E-state index contributed by atoms with van der Waals surface area (Å²) in [5.41, 5.74) is 0.676. The molecule has 130 valence electrons. The van der Waals surface area contributed by atoms with Crippen LogP contribution in [0.2, 0.25) is 0 Å². The minimum Gasteiger partial charge on any atom is -0.494 e. The Hall–Kier alpha value is -1.68. The molecule has 0 aliphatic carbocycles. The zero-order valence-corrected chi connectivity index (χ0v) is 14.2. The fraction of sp³-hybridized carbons (Fsp3) is 0.579. The van der Waals surface area contributed by atoms with Gasteiger partial charge in [-0.15, -0.1) is 0 Å². The van der Waals surface area contributed by atoms with Crippen molar-refractivity contribution in [2.24, 2.45) is 0 Å². The lowest BCUT2D eigenvalue weighted by molar-refractivity contribution is -0.107. The van der Waals surface area contributed by atoms with Crippen LogP contribution in [0.3, 0.4) is 0 Å². The molecule has 0 heterocycles. The van der Waals surface area contributed by atoms with E-state index in [-0.39, 0.29) is 0 Å². The molecule has 4 nitrogen and oxygen atoms in total.